The fraction of sp³-hybridized carbons (Fsp3) is 0.385. The van der Waals surface area contributed by atoms with E-state index >= 15 is 0 Å². The van der Waals surface area contributed by atoms with Gasteiger partial charge in [-0.3, -0.25) is 13.9 Å². The Morgan fingerprint density at radius 2 is 2.16 bits per heavy atom. The summed E-state index contributed by atoms with van der Waals surface area (Å²) in [5.74, 6) is 0.722. The van der Waals surface area contributed by atoms with Gasteiger partial charge < -0.3 is 10.1 Å². The monoisotopic (exact) mass is 429 g/mol. The van der Waals surface area contributed by atoms with E-state index in [1.54, 1.807) is 6.07 Å². The van der Waals surface area contributed by atoms with Gasteiger partial charge in [-0.15, -0.1) is 16.2 Å². The standard InChI is InChI=1S/C13H17Cl2N3O5S2/c1-7(2)22-11-4-10(8(14)3-9(11)15)16-13(19)6-24-5-12-17-23-25(20,21)18-12/h3-4,7,20-21H,5-6H2,1-2H3,(H,16,19)(H,17,18). The number of carbonyl (C=O) groups excluding carboxylic acids is 1. The van der Waals surface area contributed by atoms with Gasteiger partial charge in [0.2, 0.25) is 17.0 Å². The maximum Gasteiger partial charge on any atom is 0.234 e. The van der Waals surface area contributed by atoms with Crippen LogP contribution in [-0.4, -0.2) is 38.5 Å². The van der Waals surface area contributed by atoms with E-state index in [1.807, 2.05) is 13.8 Å². The second-order valence-electron chi connectivity index (χ2n) is 5.16. The highest BCUT2D eigenvalue weighted by atomic mass is 35.5. The van der Waals surface area contributed by atoms with Gasteiger partial charge in [-0.25, -0.2) is 5.48 Å². The third kappa shape index (κ3) is 6.41. The van der Waals surface area contributed by atoms with Crippen LogP contribution in [0.5, 0.6) is 5.75 Å². The quantitative estimate of drug-likeness (QED) is 0.518. The first kappa shape index (κ1) is 20.4. The second-order valence-corrected chi connectivity index (χ2v) is 8.25. The third-order valence-electron chi connectivity index (χ3n) is 2.63. The van der Waals surface area contributed by atoms with E-state index in [-0.39, 0.29) is 29.4 Å². The normalized spacial score (nSPS) is 17.0. The predicted molar refractivity (Wildman–Crippen MR) is 103 cm³/mol. The van der Waals surface area contributed by atoms with E-state index in [1.165, 1.54) is 17.8 Å². The molecule has 0 bridgehead atoms. The van der Waals surface area contributed by atoms with Gasteiger partial charge in [0, 0.05) is 6.07 Å². The van der Waals surface area contributed by atoms with Gasteiger partial charge in [0.1, 0.15) is 5.75 Å². The fourth-order valence-electron chi connectivity index (χ4n) is 1.74. The van der Waals surface area contributed by atoms with Gasteiger partial charge in [0.15, 0.2) is 5.84 Å². The number of carbonyl (C=O) groups is 1. The van der Waals surface area contributed by atoms with Crippen molar-refractivity contribution in [2.45, 2.75) is 20.0 Å². The molecule has 1 aromatic carbocycles. The number of nitrogens with zero attached hydrogens (tertiary/aromatic N) is 1. The number of rotatable bonds is 7. The topological polar surface area (TPSA) is 112 Å². The molecule has 4 N–H and O–H groups in total. The van der Waals surface area contributed by atoms with Crippen molar-refractivity contribution < 1.29 is 22.9 Å². The van der Waals surface area contributed by atoms with Gasteiger partial charge in [-0.1, -0.05) is 23.2 Å². The number of nitrogens with one attached hydrogen (secondary N) is 2. The molecule has 2 rings (SSSR count). The molecule has 25 heavy (non-hydrogen) atoms. The molecule has 1 aromatic rings. The number of thioether (sulfide) groups is 1. The van der Waals surface area contributed by atoms with Crippen LogP contribution < -0.4 is 15.5 Å². The lowest BCUT2D eigenvalue weighted by molar-refractivity contribution is -0.113. The van der Waals surface area contributed by atoms with Gasteiger partial charge in [-0.05, 0) is 19.9 Å². The van der Waals surface area contributed by atoms with Gasteiger partial charge in [-0.2, -0.15) is 4.28 Å². The molecule has 0 atom stereocenters. The van der Waals surface area contributed by atoms with Crippen molar-refractivity contribution in [3.63, 3.8) is 0 Å². The van der Waals surface area contributed by atoms with E-state index in [9.17, 15) is 4.79 Å². The number of amides is 1. The van der Waals surface area contributed by atoms with Crippen LogP contribution in [0.3, 0.4) is 0 Å². The summed E-state index contributed by atoms with van der Waals surface area (Å²) in [6.07, 6.45) is -0.0769. The minimum atomic E-state index is -3.40. The van der Waals surface area contributed by atoms with Gasteiger partial charge >= 0.3 is 0 Å². The van der Waals surface area contributed by atoms with Crippen LogP contribution in [0.25, 0.3) is 0 Å². The summed E-state index contributed by atoms with van der Waals surface area (Å²) in [7, 11) is 0. The lowest BCUT2D eigenvalue weighted by atomic mass is 10.3. The zero-order chi connectivity index (χ0) is 18.6. The SMILES string of the molecule is CC(C)Oc1cc(NC(=O)CSCC2=NS(O)(O)ON2)c(Cl)cc1Cl. The molecular weight excluding hydrogens is 413 g/mol. The van der Waals surface area contributed by atoms with Crippen molar-refractivity contribution in [3.8, 4) is 5.75 Å². The lowest BCUT2D eigenvalue weighted by Crippen LogP contribution is -2.21. The van der Waals surface area contributed by atoms with E-state index in [4.69, 9.17) is 37.0 Å². The molecule has 12 heteroatoms. The van der Waals surface area contributed by atoms with Crippen LogP contribution in [0.4, 0.5) is 5.69 Å². The first-order valence-corrected chi connectivity index (χ1v) is 10.3. The zero-order valence-corrected chi connectivity index (χ0v) is 16.4. The molecule has 8 nitrogen and oxygen atoms in total. The fourth-order valence-corrected chi connectivity index (χ4v) is 3.60. The third-order valence-corrected chi connectivity index (χ3v) is 4.95. The summed E-state index contributed by atoms with van der Waals surface area (Å²) in [5.41, 5.74) is 2.68. The maximum atomic E-state index is 12.0. The Morgan fingerprint density at radius 3 is 2.76 bits per heavy atom. The van der Waals surface area contributed by atoms with Crippen molar-refractivity contribution in [1.82, 2.24) is 5.48 Å². The molecule has 140 valence electrons. The van der Waals surface area contributed by atoms with E-state index < -0.39 is 11.1 Å². The van der Waals surface area contributed by atoms with Crippen molar-refractivity contribution >= 4 is 63.5 Å². The number of benzene rings is 1. The highest BCUT2D eigenvalue weighted by Crippen LogP contribution is 2.43. The Bertz CT molecular complexity index is 688. The number of hydrogen-bond donors (Lipinski definition) is 4. The maximum absolute atomic E-state index is 12.0. The molecule has 1 aliphatic heterocycles. The smallest absolute Gasteiger partial charge is 0.234 e. The van der Waals surface area contributed by atoms with Crippen LogP contribution in [0.2, 0.25) is 10.0 Å². The first-order valence-electron chi connectivity index (χ1n) is 7.01. The summed E-state index contributed by atoms with van der Waals surface area (Å²) in [4.78, 5) is 12.0. The minimum Gasteiger partial charge on any atom is -0.489 e. The van der Waals surface area contributed by atoms with Crippen molar-refractivity contribution in [1.29, 1.82) is 0 Å². The highest BCUT2D eigenvalue weighted by Gasteiger charge is 2.26. The lowest BCUT2D eigenvalue weighted by Gasteiger charge is -2.14. The van der Waals surface area contributed by atoms with Crippen molar-refractivity contribution in [2.75, 3.05) is 16.8 Å². The summed E-state index contributed by atoms with van der Waals surface area (Å²) >= 11 is 9.96. The molecule has 0 unspecified atom stereocenters. The van der Waals surface area contributed by atoms with E-state index in [0.717, 1.165) is 0 Å². The molecule has 0 radical (unpaired) electrons. The van der Waals surface area contributed by atoms with Crippen LogP contribution in [-0.2, 0) is 9.08 Å². The molecule has 0 aromatic heterocycles. The average Bonchev–Trinajstić information content (AvgIpc) is 2.83. The Balaban J connectivity index is 1.90. The zero-order valence-electron chi connectivity index (χ0n) is 13.3. The Hall–Kier alpha value is -0.880. The first-order chi connectivity index (χ1) is 11.7. The molecule has 1 aliphatic rings. The molecule has 0 aliphatic carbocycles. The highest BCUT2D eigenvalue weighted by molar-refractivity contribution is 8.19. The minimum absolute atomic E-state index is 0.0769. The van der Waals surface area contributed by atoms with Crippen molar-refractivity contribution in [2.24, 2.45) is 4.40 Å². The predicted octanol–water partition coefficient (Wildman–Crippen LogP) is 3.97. The summed E-state index contributed by atoms with van der Waals surface area (Å²) in [5, 5.41) is 3.33. The van der Waals surface area contributed by atoms with Gasteiger partial charge in [0.25, 0.3) is 0 Å². The van der Waals surface area contributed by atoms with E-state index in [0.29, 0.717) is 21.5 Å². The number of hydroxylamine groups is 1. The number of anilines is 1. The molecule has 1 heterocycles. The number of halogens is 2. The molecular formula is C13H17Cl2N3O5S2. The largest absolute Gasteiger partial charge is 0.489 e. The summed E-state index contributed by atoms with van der Waals surface area (Å²) in [6.45, 7) is 3.72. The Kier molecular flexibility index (Phi) is 7.09. The Labute approximate surface area is 160 Å². The molecule has 0 fully saturated rings. The van der Waals surface area contributed by atoms with Crippen LogP contribution in [0.15, 0.2) is 16.5 Å². The molecule has 0 spiro atoms. The molecule has 0 saturated heterocycles. The van der Waals surface area contributed by atoms with Crippen LogP contribution in [0.1, 0.15) is 13.8 Å². The number of ether oxygens (including phenoxy) is 1. The number of amidine groups is 1. The van der Waals surface area contributed by atoms with E-state index in [2.05, 4.69) is 19.5 Å². The van der Waals surface area contributed by atoms with Gasteiger partial charge in [0.05, 0.1) is 33.3 Å². The average molecular weight is 430 g/mol. The Morgan fingerprint density at radius 1 is 1.44 bits per heavy atom. The number of hydrogen-bond acceptors (Lipinski definition) is 8. The molecule has 1 amide bonds. The van der Waals surface area contributed by atoms with Crippen LogP contribution in [0, 0.1) is 0 Å². The summed E-state index contributed by atoms with van der Waals surface area (Å²) < 4.78 is 31.9. The van der Waals surface area contributed by atoms with Crippen molar-refractivity contribution in [3.05, 3.63) is 22.2 Å². The molecule has 0 saturated carbocycles. The van der Waals surface area contributed by atoms with Crippen LogP contribution >= 0.6 is 46.0 Å². The second kappa shape index (κ2) is 8.67. The summed E-state index contributed by atoms with van der Waals surface area (Å²) in [6, 6.07) is 3.07.